The molecule has 1 atom stereocenters. The lowest BCUT2D eigenvalue weighted by atomic mass is 9.91. The highest BCUT2D eigenvalue weighted by Gasteiger charge is 2.40. The molecule has 0 bridgehead atoms. The van der Waals surface area contributed by atoms with Gasteiger partial charge >= 0.3 is 6.18 Å². The van der Waals surface area contributed by atoms with Crippen molar-refractivity contribution in [2.24, 2.45) is 0 Å². The zero-order chi connectivity index (χ0) is 14.9. The topological polar surface area (TPSA) is 15.3 Å². The summed E-state index contributed by atoms with van der Waals surface area (Å²) in [5, 5.41) is 0.926. The number of hydrogen-bond donors (Lipinski definition) is 1. The highest BCUT2D eigenvalue weighted by Crippen LogP contribution is 2.37. The molecular weight excluding hydrogens is 279 g/mol. The summed E-state index contributed by atoms with van der Waals surface area (Å²) < 4.78 is 66.1. The van der Waals surface area contributed by atoms with Crippen LogP contribution >= 0.6 is 0 Å². The van der Waals surface area contributed by atoms with E-state index in [0.29, 0.717) is 0 Å². The van der Waals surface area contributed by atoms with Gasteiger partial charge < -0.3 is 5.01 Å². The first kappa shape index (κ1) is 14.8. The molecule has 0 fully saturated rings. The molecule has 0 aliphatic carbocycles. The van der Waals surface area contributed by atoms with Crippen LogP contribution in [-0.2, 0) is 0 Å². The Morgan fingerprint density at radius 2 is 1.80 bits per heavy atom. The molecule has 0 spiro atoms. The fourth-order valence-corrected chi connectivity index (χ4v) is 2.32. The summed E-state index contributed by atoms with van der Waals surface area (Å²) in [6, 6.07) is 3.28. The molecule has 1 N–H and O–H groups in total. The van der Waals surface area contributed by atoms with Crippen molar-refractivity contribution in [1.82, 2.24) is 10.4 Å². The van der Waals surface area contributed by atoms with E-state index in [-0.39, 0.29) is 18.5 Å². The van der Waals surface area contributed by atoms with Gasteiger partial charge in [0.25, 0.3) is 0 Å². The zero-order valence-electron chi connectivity index (χ0n) is 10.6. The lowest BCUT2D eigenvalue weighted by Gasteiger charge is -2.34. The Kier molecular flexibility index (Phi) is 3.99. The van der Waals surface area contributed by atoms with Crippen LogP contribution in [0.4, 0.5) is 22.0 Å². The maximum Gasteiger partial charge on any atom is 0.432 e. The summed E-state index contributed by atoms with van der Waals surface area (Å²) in [5.41, 5.74) is 1.17. The first-order valence-corrected chi connectivity index (χ1v) is 6.02. The zero-order valence-corrected chi connectivity index (χ0v) is 10.6. The van der Waals surface area contributed by atoms with Crippen LogP contribution in [0.5, 0.6) is 0 Å². The Bertz CT molecular complexity index is 504. The van der Waals surface area contributed by atoms with Crippen LogP contribution in [0.1, 0.15) is 17.9 Å². The van der Waals surface area contributed by atoms with E-state index >= 15 is 0 Å². The van der Waals surface area contributed by atoms with Gasteiger partial charge in [0.2, 0.25) is 0 Å². The third-order valence-corrected chi connectivity index (χ3v) is 3.24. The quantitative estimate of drug-likeness (QED) is 0.841. The number of halogens is 5. The van der Waals surface area contributed by atoms with E-state index in [1.54, 1.807) is 0 Å². The summed E-state index contributed by atoms with van der Waals surface area (Å²) in [6.07, 6.45) is -3.52. The van der Waals surface area contributed by atoms with Crippen molar-refractivity contribution in [3.63, 3.8) is 0 Å². The summed E-state index contributed by atoms with van der Waals surface area (Å²) in [7, 11) is 1.36. The SMILES string of the molecule is CNN1CCC(c2c(F)cccc2F)C=C1C(F)(F)F. The molecule has 1 unspecified atom stereocenters. The standard InChI is InChI=1S/C13H13F5N2/c1-19-20-6-5-8(7-11(20)13(16,17)18)12-9(14)3-2-4-10(12)15/h2-4,7-8,19H,5-6H2,1H3. The highest BCUT2D eigenvalue weighted by molar-refractivity contribution is 5.30. The Balaban J connectivity index is 2.44. The van der Waals surface area contributed by atoms with E-state index in [0.717, 1.165) is 23.2 Å². The van der Waals surface area contributed by atoms with Crippen molar-refractivity contribution < 1.29 is 22.0 Å². The molecule has 0 saturated carbocycles. The van der Waals surface area contributed by atoms with Gasteiger partial charge in [0, 0.05) is 25.1 Å². The molecule has 1 aliphatic rings. The van der Waals surface area contributed by atoms with E-state index in [1.165, 1.54) is 13.1 Å². The van der Waals surface area contributed by atoms with Gasteiger partial charge in [-0.1, -0.05) is 6.07 Å². The maximum absolute atomic E-state index is 13.7. The lowest BCUT2D eigenvalue weighted by Crippen LogP contribution is -2.43. The van der Waals surface area contributed by atoms with Crippen LogP contribution in [0.15, 0.2) is 30.0 Å². The molecular formula is C13H13F5N2. The van der Waals surface area contributed by atoms with Crippen molar-refractivity contribution in [3.8, 4) is 0 Å². The van der Waals surface area contributed by atoms with Crippen LogP contribution in [0.2, 0.25) is 0 Å². The largest absolute Gasteiger partial charge is 0.432 e. The molecule has 0 saturated heterocycles. The Morgan fingerprint density at radius 3 is 2.30 bits per heavy atom. The number of hydrazine groups is 1. The minimum Gasteiger partial charge on any atom is -0.305 e. The third kappa shape index (κ3) is 2.77. The van der Waals surface area contributed by atoms with Gasteiger partial charge in [-0.15, -0.1) is 0 Å². The predicted octanol–water partition coefficient (Wildman–Crippen LogP) is 3.33. The van der Waals surface area contributed by atoms with Gasteiger partial charge in [0.1, 0.15) is 17.3 Å². The van der Waals surface area contributed by atoms with Crippen molar-refractivity contribution in [2.45, 2.75) is 18.5 Å². The van der Waals surface area contributed by atoms with Crippen molar-refractivity contribution in [2.75, 3.05) is 13.6 Å². The van der Waals surface area contributed by atoms with E-state index in [2.05, 4.69) is 5.43 Å². The van der Waals surface area contributed by atoms with Crippen molar-refractivity contribution >= 4 is 0 Å². The average Bonchev–Trinajstić information content (AvgIpc) is 2.37. The monoisotopic (exact) mass is 292 g/mol. The fourth-order valence-electron chi connectivity index (χ4n) is 2.32. The first-order valence-electron chi connectivity index (χ1n) is 6.02. The number of hydrogen-bond acceptors (Lipinski definition) is 2. The molecule has 0 amide bonds. The molecule has 1 heterocycles. The van der Waals surface area contributed by atoms with Crippen LogP contribution in [0.3, 0.4) is 0 Å². The number of nitrogens with one attached hydrogen (secondary N) is 1. The Hall–Kier alpha value is -1.63. The minimum atomic E-state index is -4.58. The number of nitrogens with zero attached hydrogens (tertiary/aromatic N) is 1. The van der Waals surface area contributed by atoms with Gasteiger partial charge in [0.05, 0.1) is 0 Å². The molecule has 1 aliphatic heterocycles. The van der Waals surface area contributed by atoms with Crippen LogP contribution in [0, 0.1) is 11.6 Å². The van der Waals surface area contributed by atoms with Gasteiger partial charge in [-0.2, -0.15) is 13.2 Å². The third-order valence-electron chi connectivity index (χ3n) is 3.24. The van der Waals surface area contributed by atoms with Crippen molar-refractivity contribution in [1.29, 1.82) is 0 Å². The Morgan fingerprint density at radius 1 is 1.20 bits per heavy atom. The average molecular weight is 292 g/mol. The first-order chi connectivity index (χ1) is 9.34. The van der Waals surface area contributed by atoms with Gasteiger partial charge in [-0.05, 0) is 24.6 Å². The van der Waals surface area contributed by atoms with Crippen LogP contribution < -0.4 is 5.43 Å². The smallest absolute Gasteiger partial charge is 0.305 e. The molecule has 7 heteroatoms. The fraction of sp³-hybridized carbons (Fsp3) is 0.385. The number of allylic oxidation sites excluding steroid dienone is 2. The lowest BCUT2D eigenvalue weighted by molar-refractivity contribution is -0.118. The number of rotatable bonds is 2. The van der Waals surface area contributed by atoms with Gasteiger partial charge in [-0.3, -0.25) is 0 Å². The molecule has 1 aromatic rings. The normalized spacial score (nSPS) is 20.0. The second-order valence-electron chi connectivity index (χ2n) is 4.46. The molecule has 20 heavy (non-hydrogen) atoms. The van der Waals surface area contributed by atoms with Crippen LogP contribution in [0.25, 0.3) is 0 Å². The maximum atomic E-state index is 13.7. The molecule has 0 radical (unpaired) electrons. The van der Waals surface area contributed by atoms with Crippen molar-refractivity contribution in [3.05, 3.63) is 47.2 Å². The molecule has 2 nitrogen and oxygen atoms in total. The minimum absolute atomic E-state index is 0.0142. The van der Waals surface area contributed by atoms with E-state index in [1.807, 2.05) is 0 Å². The highest BCUT2D eigenvalue weighted by atomic mass is 19.4. The van der Waals surface area contributed by atoms with E-state index in [4.69, 9.17) is 0 Å². The van der Waals surface area contributed by atoms with Gasteiger partial charge in [0.15, 0.2) is 0 Å². The number of benzene rings is 1. The Labute approximate surface area is 112 Å². The van der Waals surface area contributed by atoms with Gasteiger partial charge in [-0.25, -0.2) is 14.2 Å². The molecule has 110 valence electrons. The van der Waals surface area contributed by atoms with E-state index in [9.17, 15) is 22.0 Å². The summed E-state index contributed by atoms with van der Waals surface area (Å²) >= 11 is 0. The summed E-state index contributed by atoms with van der Waals surface area (Å²) in [6.45, 7) is 0.0142. The second kappa shape index (κ2) is 5.40. The number of alkyl halides is 3. The van der Waals surface area contributed by atoms with E-state index < -0.39 is 29.4 Å². The summed E-state index contributed by atoms with van der Waals surface area (Å²) in [5.74, 6) is -2.59. The predicted molar refractivity (Wildman–Crippen MR) is 63.6 cm³/mol. The molecule has 1 aromatic carbocycles. The van der Waals surface area contributed by atoms with Crippen LogP contribution in [-0.4, -0.2) is 24.8 Å². The molecule has 2 rings (SSSR count). The molecule has 0 aromatic heterocycles. The summed E-state index contributed by atoms with van der Waals surface area (Å²) in [4.78, 5) is 0. The second-order valence-corrected chi connectivity index (χ2v) is 4.46.